The van der Waals surface area contributed by atoms with Crippen LogP contribution in [0.1, 0.15) is 69.7 Å². The fraction of sp³-hybridized carbons (Fsp3) is 0.481. The monoisotopic (exact) mass is 535 g/mol. The SMILES string of the molecule is CC(C)C.O=C([O-])CCCCCCCOc1cccc2c3n(nc12)CCn1cc(C(=O)O)c(=O)cc1-3.[K+]. The summed E-state index contributed by atoms with van der Waals surface area (Å²) in [6.07, 6.45) is 5.76. The number of carboxylic acid groups (broad SMARTS) is 2. The Labute approximate surface area is 259 Å². The molecule has 0 unspecified atom stereocenters. The molecule has 4 rings (SSSR count). The third-order valence-electron chi connectivity index (χ3n) is 5.67. The molecule has 0 radical (unpaired) electrons. The van der Waals surface area contributed by atoms with Crippen LogP contribution in [0.4, 0.5) is 0 Å². The van der Waals surface area contributed by atoms with Gasteiger partial charge in [0.05, 0.1) is 24.5 Å². The fourth-order valence-corrected chi connectivity index (χ4v) is 4.08. The van der Waals surface area contributed by atoms with Gasteiger partial charge in [0.15, 0.2) is 5.43 Å². The van der Waals surface area contributed by atoms with Gasteiger partial charge in [0, 0.05) is 30.2 Å². The quantitative estimate of drug-likeness (QED) is 0.299. The van der Waals surface area contributed by atoms with Crippen molar-refractivity contribution in [2.75, 3.05) is 6.61 Å². The Morgan fingerprint density at radius 2 is 1.78 bits per heavy atom. The van der Waals surface area contributed by atoms with E-state index in [4.69, 9.17) is 9.84 Å². The Morgan fingerprint density at radius 3 is 2.46 bits per heavy atom. The van der Waals surface area contributed by atoms with Crippen molar-refractivity contribution in [3.05, 3.63) is 46.2 Å². The Kier molecular flexibility index (Phi) is 12.5. The maximum Gasteiger partial charge on any atom is 1.00 e. The molecule has 1 N–H and O–H groups in total. The molecule has 3 aromatic rings. The predicted molar refractivity (Wildman–Crippen MR) is 135 cm³/mol. The van der Waals surface area contributed by atoms with E-state index in [1.54, 1.807) is 4.57 Å². The molecule has 0 amide bonds. The second-order valence-corrected chi connectivity index (χ2v) is 9.63. The summed E-state index contributed by atoms with van der Waals surface area (Å²) in [6.45, 7) is 8.11. The van der Waals surface area contributed by atoms with Crippen LogP contribution < -0.4 is 66.7 Å². The number of ether oxygens (including phenoxy) is 1. The molecule has 0 bridgehead atoms. The van der Waals surface area contributed by atoms with Crippen molar-refractivity contribution >= 4 is 22.8 Å². The molecule has 1 aliphatic heterocycles. The summed E-state index contributed by atoms with van der Waals surface area (Å²) in [5.41, 5.74) is 1.36. The van der Waals surface area contributed by atoms with Gasteiger partial charge in [-0.15, -0.1) is 0 Å². The molecule has 0 saturated heterocycles. The van der Waals surface area contributed by atoms with Gasteiger partial charge in [-0.05, 0) is 31.2 Å². The summed E-state index contributed by atoms with van der Waals surface area (Å²) in [4.78, 5) is 34.0. The van der Waals surface area contributed by atoms with E-state index in [0.717, 1.165) is 42.7 Å². The van der Waals surface area contributed by atoms with Crippen LogP contribution in [-0.4, -0.2) is 38.0 Å². The predicted octanol–water partition coefficient (Wildman–Crippen LogP) is 0.712. The Morgan fingerprint density at radius 1 is 1.11 bits per heavy atom. The average molecular weight is 536 g/mol. The zero-order valence-electron chi connectivity index (χ0n) is 22.2. The van der Waals surface area contributed by atoms with Crippen LogP contribution in [-0.2, 0) is 17.9 Å². The number of unbranched alkanes of at least 4 members (excludes halogenated alkanes) is 4. The average Bonchev–Trinajstić information content (AvgIpc) is 3.19. The first kappa shape index (κ1) is 31.2. The third-order valence-corrected chi connectivity index (χ3v) is 5.67. The molecule has 0 fully saturated rings. The molecule has 0 saturated carbocycles. The van der Waals surface area contributed by atoms with Crippen molar-refractivity contribution in [1.82, 2.24) is 14.3 Å². The van der Waals surface area contributed by atoms with Gasteiger partial charge in [-0.2, -0.15) is 5.10 Å². The van der Waals surface area contributed by atoms with Gasteiger partial charge in [-0.3, -0.25) is 9.48 Å². The fourth-order valence-electron chi connectivity index (χ4n) is 4.08. The number of aromatic carboxylic acids is 1. The van der Waals surface area contributed by atoms with E-state index in [0.29, 0.717) is 43.1 Å². The largest absolute Gasteiger partial charge is 1.00 e. The first-order chi connectivity index (χ1) is 17.2. The first-order valence-corrected chi connectivity index (χ1v) is 12.5. The zero-order valence-corrected chi connectivity index (χ0v) is 25.3. The summed E-state index contributed by atoms with van der Waals surface area (Å²) in [6, 6.07) is 7.03. The molecule has 0 spiro atoms. The van der Waals surface area contributed by atoms with Crippen LogP contribution in [0.2, 0.25) is 0 Å². The normalized spacial score (nSPS) is 11.7. The topological polar surface area (TPSA) is 126 Å². The number of aromatic nitrogens is 3. The van der Waals surface area contributed by atoms with Gasteiger partial charge < -0.3 is 24.3 Å². The van der Waals surface area contributed by atoms with Crippen molar-refractivity contribution in [3.63, 3.8) is 0 Å². The van der Waals surface area contributed by atoms with Crippen molar-refractivity contribution in [2.24, 2.45) is 5.92 Å². The van der Waals surface area contributed by atoms with Gasteiger partial charge in [0.2, 0.25) is 0 Å². The van der Waals surface area contributed by atoms with Crippen molar-refractivity contribution in [1.29, 1.82) is 0 Å². The molecule has 10 heteroatoms. The number of rotatable bonds is 10. The van der Waals surface area contributed by atoms with Crippen LogP contribution in [0.15, 0.2) is 35.3 Å². The Balaban J connectivity index is 0.000000898. The molecule has 1 aliphatic rings. The summed E-state index contributed by atoms with van der Waals surface area (Å²) < 4.78 is 9.60. The minimum Gasteiger partial charge on any atom is -0.550 e. The number of carbonyl (C=O) groups excluding carboxylic acids is 1. The van der Waals surface area contributed by atoms with Crippen molar-refractivity contribution < 1.29 is 75.9 Å². The molecule has 37 heavy (non-hydrogen) atoms. The van der Waals surface area contributed by atoms with E-state index < -0.39 is 17.4 Å². The van der Waals surface area contributed by atoms with E-state index in [1.165, 1.54) is 12.3 Å². The number of fused-ring (bicyclic) bond motifs is 5. The number of aryl methyl sites for hydroxylation is 2. The maximum absolute atomic E-state index is 12.3. The second-order valence-electron chi connectivity index (χ2n) is 9.63. The number of hydrogen-bond acceptors (Lipinski definition) is 6. The van der Waals surface area contributed by atoms with Crippen LogP contribution >= 0.6 is 0 Å². The number of benzene rings is 1. The maximum atomic E-state index is 12.3. The molecule has 0 atom stereocenters. The summed E-state index contributed by atoms with van der Waals surface area (Å²) in [5.74, 6) is -0.736. The minimum atomic E-state index is -1.23. The number of carboxylic acids is 2. The van der Waals surface area contributed by atoms with Crippen LogP contribution in [0, 0.1) is 5.92 Å². The van der Waals surface area contributed by atoms with Gasteiger partial charge in [-0.1, -0.05) is 52.2 Å². The van der Waals surface area contributed by atoms with Gasteiger partial charge in [-0.25, -0.2) is 4.79 Å². The van der Waals surface area contributed by atoms with Crippen LogP contribution in [0.25, 0.3) is 22.3 Å². The van der Waals surface area contributed by atoms with Gasteiger partial charge in [0.1, 0.15) is 16.8 Å². The number of hydrogen-bond donors (Lipinski definition) is 1. The molecular weight excluding hydrogens is 501 g/mol. The van der Waals surface area contributed by atoms with Crippen molar-refractivity contribution in [3.8, 4) is 17.1 Å². The van der Waals surface area contributed by atoms with E-state index in [9.17, 15) is 24.6 Å². The number of nitrogens with zero attached hydrogens (tertiary/aromatic N) is 3. The van der Waals surface area contributed by atoms with Crippen LogP contribution in [0.3, 0.4) is 0 Å². The first-order valence-electron chi connectivity index (χ1n) is 12.5. The van der Waals surface area contributed by atoms with Gasteiger partial charge in [0.25, 0.3) is 0 Å². The third kappa shape index (κ3) is 8.51. The Bertz CT molecular complexity index is 1280. The molecular formula is C27H34KN3O6. The summed E-state index contributed by atoms with van der Waals surface area (Å²) in [5, 5.41) is 25.2. The summed E-state index contributed by atoms with van der Waals surface area (Å²) >= 11 is 0. The van der Waals surface area contributed by atoms with Crippen LogP contribution in [0.5, 0.6) is 5.75 Å². The molecule has 2 aromatic heterocycles. The smallest absolute Gasteiger partial charge is 0.550 e. The number of carbonyl (C=O) groups is 2. The molecule has 194 valence electrons. The minimum absolute atomic E-state index is 0. The zero-order chi connectivity index (χ0) is 26.2. The van der Waals surface area contributed by atoms with E-state index in [2.05, 4.69) is 20.8 Å². The molecule has 3 heterocycles. The van der Waals surface area contributed by atoms with E-state index in [-0.39, 0.29) is 63.4 Å². The summed E-state index contributed by atoms with van der Waals surface area (Å²) in [7, 11) is 0. The molecule has 1 aromatic carbocycles. The standard InChI is InChI=1S/C23H25N3O6.C4H10.K/c27-18-13-17-22-15-7-6-8-19(32-12-5-3-1-2-4-9-20(28)29)21(15)24-26(22)11-10-25(17)14-16(18)23(30)31;1-4(2)3;/h6-8,13-14H,1-5,9-12H2,(H,28,29)(H,30,31);4H,1-3H3;/q;;+1/p-1. The number of pyridine rings is 1. The molecule has 0 aliphatic carbocycles. The van der Waals surface area contributed by atoms with E-state index in [1.807, 2.05) is 22.9 Å². The number of aliphatic carboxylic acids is 1. The second kappa shape index (κ2) is 14.8. The Hall–Kier alpha value is -1.98. The van der Waals surface area contributed by atoms with Gasteiger partial charge >= 0.3 is 57.4 Å². The van der Waals surface area contributed by atoms with Crippen molar-refractivity contribution in [2.45, 2.75) is 72.4 Å². The molecule has 9 nitrogen and oxygen atoms in total. The van der Waals surface area contributed by atoms with E-state index >= 15 is 0 Å².